The van der Waals surface area contributed by atoms with Crippen LogP contribution < -0.4 is 0 Å². The predicted molar refractivity (Wildman–Crippen MR) is 98.0 cm³/mol. The summed E-state index contributed by atoms with van der Waals surface area (Å²) in [6.07, 6.45) is -3.33. The zero-order valence-electron chi connectivity index (χ0n) is 14.2. The lowest BCUT2D eigenvalue weighted by molar-refractivity contribution is -0.137. The number of nitrogens with zero attached hydrogens (tertiary/aromatic N) is 1. The molecule has 26 heavy (non-hydrogen) atoms. The first-order chi connectivity index (χ1) is 12.4. The Morgan fingerprint density at radius 2 is 1.73 bits per heavy atom. The lowest BCUT2D eigenvalue weighted by Gasteiger charge is -2.20. The number of hydrogen-bond donors (Lipinski definition) is 0. The van der Waals surface area contributed by atoms with E-state index in [0.29, 0.717) is 23.9 Å². The van der Waals surface area contributed by atoms with Crippen molar-refractivity contribution in [3.05, 3.63) is 71.3 Å². The van der Waals surface area contributed by atoms with Gasteiger partial charge < -0.3 is 4.90 Å². The van der Waals surface area contributed by atoms with Crippen LogP contribution in [-0.2, 0) is 17.4 Å². The molecule has 138 valence electrons. The molecule has 0 aliphatic carbocycles. The minimum atomic E-state index is -4.35. The Bertz CT molecular complexity index is 731. The van der Waals surface area contributed by atoms with E-state index in [2.05, 4.69) is 12.1 Å². The van der Waals surface area contributed by atoms with Gasteiger partial charge in [0.05, 0.1) is 12.0 Å². The number of thioether (sulfide) groups is 1. The highest BCUT2D eigenvalue weighted by Gasteiger charge is 2.30. The standard InChI is InChI=1S/C20H20F3NOS/c21-20(22,23)17-8-6-15(7-9-17)14-19(25)24-11-10-18(26-13-12-24)16-4-2-1-3-5-16/h1-9,18H,10-14H2. The molecule has 0 spiro atoms. The lowest BCUT2D eigenvalue weighted by atomic mass is 10.1. The number of halogens is 3. The fourth-order valence-electron chi connectivity index (χ4n) is 3.05. The third kappa shape index (κ3) is 4.81. The summed E-state index contributed by atoms with van der Waals surface area (Å²) < 4.78 is 37.9. The average molecular weight is 379 g/mol. The summed E-state index contributed by atoms with van der Waals surface area (Å²) in [5.74, 6) is 0.831. The van der Waals surface area contributed by atoms with Crippen molar-refractivity contribution in [1.29, 1.82) is 0 Å². The van der Waals surface area contributed by atoms with Gasteiger partial charge in [-0.2, -0.15) is 24.9 Å². The molecule has 2 aromatic carbocycles. The smallest absolute Gasteiger partial charge is 0.342 e. The molecule has 1 atom stereocenters. The topological polar surface area (TPSA) is 20.3 Å². The van der Waals surface area contributed by atoms with Crippen molar-refractivity contribution in [1.82, 2.24) is 4.90 Å². The largest absolute Gasteiger partial charge is 0.416 e. The maximum atomic E-state index is 12.6. The minimum absolute atomic E-state index is 0.0286. The number of carbonyl (C=O) groups is 1. The van der Waals surface area contributed by atoms with Crippen LogP contribution >= 0.6 is 11.8 Å². The molecule has 0 radical (unpaired) electrons. The summed E-state index contributed by atoms with van der Waals surface area (Å²) in [5, 5.41) is 0.375. The molecule has 3 rings (SSSR count). The summed E-state index contributed by atoms with van der Waals surface area (Å²) >= 11 is 1.85. The van der Waals surface area contributed by atoms with Gasteiger partial charge in [0.2, 0.25) is 5.91 Å². The Hall–Kier alpha value is -1.95. The van der Waals surface area contributed by atoms with Gasteiger partial charge in [-0.05, 0) is 29.7 Å². The molecule has 0 saturated carbocycles. The van der Waals surface area contributed by atoms with E-state index in [4.69, 9.17) is 0 Å². The molecule has 1 heterocycles. The minimum Gasteiger partial charge on any atom is -0.342 e. The number of benzene rings is 2. The zero-order valence-corrected chi connectivity index (χ0v) is 15.0. The molecule has 1 aliphatic rings. The van der Waals surface area contributed by atoms with Crippen LogP contribution in [0.1, 0.15) is 28.4 Å². The molecule has 0 N–H and O–H groups in total. The van der Waals surface area contributed by atoms with Gasteiger partial charge in [-0.1, -0.05) is 42.5 Å². The van der Waals surface area contributed by atoms with E-state index in [1.54, 1.807) is 0 Å². The molecule has 1 fully saturated rings. The molecule has 2 nitrogen and oxygen atoms in total. The molecule has 6 heteroatoms. The van der Waals surface area contributed by atoms with Crippen molar-refractivity contribution >= 4 is 17.7 Å². The first kappa shape index (κ1) is 18.8. The van der Waals surface area contributed by atoms with E-state index in [-0.39, 0.29) is 12.3 Å². The van der Waals surface area contributed by atoms with Crippen LogP contribution in [0, 0.1) is 0 Å². The number of hydrogen-bond acceptors (Lipinski definition) is 2. The van der Waals surface area contributed by atoms with E-state index in [1.165, 1.54) is 17.7 Å². The normalized spacial score (nSPS) is 18.4. The van der Waals surface area contributed by atoms with Gasteiger partial charge in [-0.3, -0.25) is 4.79 Å². The molecule has 0 aromatic heterocycles. The van der Waals surface area contributed by atoms with Crippen LogP contribution in [0.5, 0.6) is 0 Å². The summed E-state index contributed by atoms with van der Waals surface area (Å²) in [6.45, 7) is 1.35. The van der Waals surface area contributed by atoms with Crippen LogP contribution in [0.4, 0.5) is 13.2 Å². The Kier molecular flexibility index (Phi) is 5.91. The maximum absolute atomic E-state index is 12.6. The van der Waals surface area contributed by atoms with Crippen LogP contribution in [0.25, 0.3) is 0 Å². The Morgan fingerprint density at radius 3 is 2.38 bits per heavy atom. The van der Waals surface area contributed by atoms with Gasteiger partial charge in [-0.15, -0.1) is 0 Å². The van der Waals surface area contributed by atoms with Gasteiger partial charge in [0.1, 0.15) is 0 Å². The van der Waals surface area contributed by atoms with E-state index in [0.717, 1.165) is 24.3 Å². The first-order valence-corrected chi connectivity index (χ1v) is 9.59. The van der Waals surface area contributed by atoms with E-state index < -0.39 is 11.7 Å². The number of alkyl halides is 3. The van der Waals surface area contributed by atoms with E-state index in [1.807, 2.05) is 34.9 Å². The molecular formula is C20H20F3NOS. The molecule has 0 bridgehead atoms. The second-order valence-electron chi connectivity index (χ2n) is 6.31. The highest BCUT2D eigenvalue weighted by molar-refractivity contribution is 7.99. The Balaban J connectivity index is 1.58. The van der Waals surface area contributed by atoms with Crippen molar-refractivity contribution in [3.63, 3.8) is 0 Å². The number of rotatable bonds is 3. The molecule has 1 saturated heterocycles. The first-order valence-electron chi connectivity index (χ1n) is 8.54. The fourth-order valence-corrected chi connectivity index (χ4v) is 4.28. The Morgan fingerprint density at radius 1 is 1.04 bits per heavy atom. The fraction of sp³-hybridized carbons (Fsp3) is 0.350. The zero-order chi connectivity index (χ0) is 18.6. The number of carbonyl (C=O) groups excluding carboxylic acids is 1. The quantitative estimate of drug-likeness (QED) is 0.752. The number of amides is 1. The molecule has 1 amide bonds. The average Bonchev–Trinajstić information content (AvgIpc) is 2.88. The van der Waals surface area contributed by atoms with Crippen molar-refractivity contribution in [2.24, 2.45) is 0 Å². The van der Waals surface area contributed by atoms with Gasteiger partial charge >= 0.3 is 6.18 Å². The summed E-state index contributed by atoms with van der Waals surface area (Å²) in [7, 11) is 0. The highest BCUT2D eigenvalue weighted by atomic mass is 32.2. The SMILES string of the molecule is O=C(Cc1ccc(C(F)(F)F)cc1)N1CCSC(c2ccccc2)CC1. The van der Waals surface area contributed by atoms with E-state index in [9.17, 15) is 18.0 Å². The van der Waals surface area contributed by atoms with Crippen molar-refractivity contribution in [2.75, 3.05) is 18.8 Å². The van der Waals surface area contributed by atoms with Gasteiger partial charge in [-0.25, -0.2) is 0 Å². The van der Waals surface area contributed by atoms with Crippen molar-refractivity contribution in [3.8, 4) is 0 Å². The third-order valence-electron chi connectivity index (χ3n) is 4.50. The van der Waals surface area contributed by atoms with Crippen LogP contribution in [0.2, 0.25) is 0 Å². The molecule has 1 unspecified atom stereocenters. The summed E-state index contributed by atoms with van der Waals surface area (Å²) in [5.41, 5.74) is 1.19. The highest BCUT2D eigenvalue weighted by Crippen LogP contribution is 2.34. The Labute approximate surface area is 155 Å². The maximum Gasteiger partial charge on any atom is 0.416 e. The van der Waals surface area contributed by atoms with Gasteiger partial charge in [0.25, 0.3) is 0 Å². The van der Waals surface area contributed by atoms with Gasteiger partial charge in [0, 0.05) is 24.1 Å². The molecule has 1 aliphatic heterocycles. The van der Waals surface area contributed by atoms with Gasteiger partial charge in [0.15, 0.2) is 0 Å². The monoisotopic (exact) mass is 379 g/mol. The lowest BCUT2D eigenvalue weighted by Crippen LogP contribution is -2.34. The summed E-state index contributed by atoms with van der Waals surface area (Å²) in [4.78, 5) is 14.4. The van der Waals surface area contributed by atoms with Crippen molar-refractivity contribution in [2.45, 2.75) is 24.3 Å². The van der Waals surface area contributed by atoms with Crippen molar-refractivity contribution < 1.29 is 18.0 Å². The van der Waals surface area contributed by atoms with Crippen LogP contribution in [0.15, 0.2) is 54.6 Å². The van der Waals surface area contributed by atoms with E-state index >= 15 is 0 Å². The third-order valence-corrected chi connectivity index (χ3v) is 5.83. The predicted octanol–water partition coefficient (Wildman–Crippen LogP) is 4.95. The van der Waals surface area contributed by atoms with Crippen LogP contribution in [0.3, 0.4) is 0 Å². The molecular weight excluding hydrogens is 359 g/mol. The second kappa shape index (κ2) is 8.16. The molecule has 2 aromatic rings. The summed E-state index contributed by atoms with van der Waals surface area (Å²) in [6, 6.07) is 15.1. The van der Waals surface area contributed by atoms with Crippen LogP contribution in [-0.4, -0.2) is 29.6 Å². The second-order valence-corrected chi connectivity index (χ2v) is 7.62.